The van der Waals surface area contributed by atoms with Gasteiger partial charge in [-0.25, -0.2) is 4.39 Å². The van der Waals surface area contributed by atoms with Crippen molar-refractivity contribution in [2.75, 3.05) is 5.32 Å². The number of aryl methyl sites for hydroxylation is 1. The molecule has 0 saturated carbocycles. The predicted molar refractivity (Wildman–Crippen MR) is 87.8 cm³/mol. The van der Waals surface area contributed by atoms with Crippen LogP contribution >= 0.6 is 0 Å². The lowest BCUT2D eigenvalue weighted by atomic mass is 10.2. The van der Waals surface area contributed by atoms with Crippen LogP contribution in [-0.2, 0) is 11.2 Å². The maximum atomic E-state index is 13.7. The second-order valence-electron chi connectivity index (χ2n) is 5.19. The van der Waals surface area contributed by atoms with Crippen LogP contribution in [0.3, 0.4) is 0 Å². The SMILES string of the molecule is N#Cc1ccccc1NC(=O)CCc1nnc(-c2ccccc2F)o1. The van der Waals surface area contributed by atoms with Crippen LogP contribution in [-0.4, -0.2) is 16.1 Å². The molecule has 124 valence electrons. The molecule has 7 heteroatoms. The van der Waals surface area contributed by atoms with E-state index < -0.39 is 5.82 Å². The van der Waals surface area contributed by atoms with Gasteiger partial charge >= 0.3 is 0 Å². The molecule has 0 unspecified atom stereocenters. The zero-order chi connectivity index (χ0) is 17.6. The summed E-state index contributed by atoms with van der Waals surface area (Å²) in [7, 11) is 0. The molecule has 0 radical (unpaired) electrons. The number of nitrogens with zero attached hydrogens (tertiary/aromatic N) is 3. The molecule has 0 fully saturated rings. The summed E-state index contributed by atoms with van der Waals surface area (Å²) in [5.41, 5.74) is 1.05. The zero-order valence-electron chi connectivity index (χ0n) is 13.1. The van der Waals surface area contributed by atoms with Gasteiger partial charge in [-0.3, -0.25) is 4.79 Å². The molecule has 1 aromatic heterocycles. The van der Waals surface area contributed by atoms with E-state index in [1.807, 2.05) is 6.07 Å². The Labute approximate surface area is 142 Å². The van der Waals surface area contributed by atoms with Crippen LogP contribution in [0.4, 0.5) is 10.1 Å². The Morgan fingerprint density at radius 2 is 1.92 bits per heavy atom. The summed E-state index contributed by atoms with van der Waals surface area (Å²) >= 11 is 0. The first-order valence-electron chi connectivity index (χ1n) is 7.53. The van der Waals surface area contributed by atoms with Crippen LogP contribution in [0.2, 0.25) is 0 Å². The summed E-state index contributed by atoms with van der Waals surface area (Å²) in [4.78, 5) is 12.0. The second-order valence-corrected chi connectivity index (χ2v) is 5.19. The number of hydrogen-bond donors (Lipinski definition) is 1. The van der Waals surface area contributed by atoms with E-state index in [-0.39, 0.29) is 36.1 Å². The van der Waals surface area contributed by atoms with Gasteiger partial charge in [0.2, 0.25) is 11.8 Å². The fourth-order valence-electron chi connectivity index (χ4n) is 2.22. The number of benzene rings is 2. The molecule has 0 aliphatic heterocycles. The van der Waals surface area contributed by atoms with Gasteiger partial charge in [-0.2, -0.15) is 5.26 Å². The standard InChI is InChI=1S/C18H13FN4O2/c19-14-7-3-2-6-13(14)18-23-22-17(25-18)10-9-16(24)21-15-8-4-1-5-12(15)11-20/h1-8H,9-10H2,(H,21,24). The number of nitrogens with one attached hydrogen (secondary N) is 1. The third-order valence-corrected chi connectivity index (χ3v) is 3.46. The Balaban J connectivity index is 1.62. The molecule has 0 atom stereocenters. The molecular weight excluding hydrogens is 323 g/mol. The molecule has 0 bridgehead atoms. The molecule has 0 aliphatic rings. The number of carbonyl (C=O) groups is 1. The summed E-state index contributed by atoms with van der Waals surface area (Å²) in [6.45, 7) is 0. The topological polar surface area (TPSA) is 91.8 Å². The van der Waals surface area contributed by atoms with Crippen molar-refractivity contribution in [2.24, 2.45) is 0 Å². The highest BCUT2D eigenvalue weighted by Crippen LogP contribution is 2.21. The van der Waals surface area contributed by atoms with Crippen molar-refractivity contribution in [3.8, 4) is 17.5 Å². The third-order valence-electron chi connectivity index (χ3n) is 3.46. The van der Waals surface area contributed by atoms with Crippen LogP contribution in [0.5, 0.6) is 0 Å². The van der Waals surface area contributed by atoms with Crippen LogP contribution in [0.15, 0.2) is 52.9 Å². The smallest absolute Gasteiger partial charge is 0.250 e. The summed E-state index contributed by atoms with van der Waals surface area (Å²) in [6.07, 6.45) is 0.306. The largest absolute Gasteiger partial charge is 0.421 e. The second kappa shape index (κ2) is 7.36. The molecule has 3 rings (SSSR count). The molecule has 3 aromatic rings. The highest BCUT2D eigenvalue weighted by molar-refractivity contribution is 5.92. The van der Waals surface area contributed by atoms with Crippen molar-refractivity contribution in [1.82, 2.24) is 10.2 Å². The monoisotopic (exact) mass is 336 g/mol. The quantitative estimate of drug-likeness (QED) is 0.771. The first-order valence-corrected chi connectivity index (χ1v) is 7.53. The molecule has 25 heavy (non-hydrogen) atoms. The summed E-state index contributed by atoms with van der Waals surface area (Å²) < 4.78 is 19.1. The Bertz CT molecular complexity index is 946. The van der Waals surface area contributed by atoms with E-state index in [2.05, 4.69) is 15.5 Å². The molecule has 0 saturated heterocycles. The average molecular weight is 336 g/mol. The molecule has 0 aliphatic carbocycles. The predicted octanol–water partition coefficient (Wildman–Crippen LogP) is 3.32. The number of anilines is 1. The summed E-state index contributed by atoms with van der Waals surface area (Å²) in [6, 6.07) is 14.8. The van der Waals surface area contributed by atoms with Gasteiger partial charge in [-0.05, 0) is 24.3 Å². The van der Waals surface area contributed by atoms with Gasteiger partial charge in [0.25, 0.3) is 5.89 Å². The van der Waals surface area contributed by atoms with E-state index in [1.165, 1.54) is 12.1 Å². The van der Waals surface area contributed by atoms with Crippen LogP contribution in [0.25, 0.3) is 11.5 Å². The van der Waals surface area contributed by atoms with E-state index >= 15 is 0 Å². The van der Waals surface area contributed by atoms with Crippen LogP contribution in [0, 0.1) is 17.1 Å². The number of amides is 1. The van der Waals surface area contributed by atoms with E-state index in [0.29, 0.717) is 11.3 Å². The normalized spacial score (nSPS) is 10.2. The lowest BCUT2D eigenvalue weighted by Gasteiger charge is -2.05. The third kappa shape index (κ3) is 3.87. The molecular formula is C18H13FN4O2. The van der Waals surface area contributed by atoms with Gasteiger partial charge in [-0.1, -0.05) is 24.3 Å². The Morgan fingerprint density at radius 1 is 1.16 bits per heavy atom. The maximum absolute atomic E-state index is 13.7. The van der Waals surface area contributed by atoms with E-state index in [4.69, 9.17) is 9.68 Å². The fraction of sp³-hybridized carbons (Fsp3) is 0.111. The highest BCUT2D eigenvalue weighted by Gasteiger charge is 2.14. The van der Waals surface area contributed by atoms with E-state index in [1.54, 1.807) is 36.4 Å². The molecule has 6 nitrogen and oxygen atoms in total. The molecule has 1 heterocycles. The lowest BCUT2D eigenvalue weighted by molar-refractivity contribution is -0.116. The van der Waals surface area contributed by atoms with E-state index in [0.717, 1.165) is 0 Å². The van der Waals surface area contributed by atoms with Gasteiger partial charge in [0, 0.05) is 12.8 Å². The molecule has 1 amide bonds. The minimum absolute atomic E-state index is 0.0725. The van der Waals surface area contributed by atoms with E-state index in [9.17, 15) is 9.18 Å². The Kier molecular flexibility index (Phi) is 4.81. The minimum atomic E-state index is -0.455. The number of para-hydroxylation sites is 1. The maximum Gasteiger partial charge on any atom is 0.250 e. The van der Waals surface area contributed by atoms with Crippen molar-refractivity contribution < 1.29 is 13.6 Å². The van der Waals surface area contributed by atoms with Crippen molar-refractivity contribution in [3.63, 3.8) is 0 Å². The van der Waals surface area contributed by atoms with Gasteiger partial charge in [0.15, 0.2) is 0 Å². The van der Waals surface area contributed by atoms with Crippen LogP contribution < -0.4 is 5.32 Å². The fourth-order valence-corrected chi connectivity index (χ4v) is 2.22. The number of halogens is 1. The molecule has 2 aromatic carbocycles. The van der Waals surface area contributed by atoms with Crippen LogP contribution in [0.1, 0.15) is 17.9 Å². The lowest BCUT2D eigenvalue weighted by Crippen LogP contribution is -2.13. The first kappa shape index (κ1) is 16.3. The van der Waals surface area contributed by atoms with Crippen molar-refractivity contribution >= 4 is 11.6 Å². The number of aromatic nitrogens is 2. The van der Waals surface area contributed by atoms with Crippen molar-refractivity contribution in [3.05, 3.63) is 65.8 Å². The summed E-state index contributed by atoms with van der Waals surface area (Å²) in [5, 5.41) is 19.3. The van der Waals surface area contributed by atoms with Gasteiger partial charge in [0.05, 0.1) is 16.8 Å². The Hall–Kier alpha value is -3.53. The molecule has 1 N–H and O–H groups in total. The van der Waals surface area contributed by atoms with Crippen molar-refractivity contribution in [2.45, 2.75) is 12.8 Å². The van der Waals surface area contributed by atoms with Gasteiger partial charge < -0.3 is 9.73 Å². The number of carbonyl (C=O) groups excluding carboxylic acids is 1. The Morgan fingerprint density at radius 3 is 2.72 bits per heavy atom. The first-order chi connectivity index (χ1) is 12.2. The number of hydrogen-bond acceptors (Lipinski definition) is 5. The average Bonchev–Trinajstić information content (AvgIpc) is 3.09. The summed E-state index contributed by atoms with van der Waals surface area (Å²) in [5.74, 6) is -0.429. The van der Waals surface area contributed by atoms with Crippen molar-refractivity contribution in [1.29, 1.82) is 5.26 Å². The molecule has 0 spiro atoms. The minimum Gasteiger partial charge on any atom is -0.421 e. The number of nitriles is 1. The zero-order valence-corrected chi connectivity index (χ0v) is 13.1. The van der Waals surface area contributed by atoms with Gasteiger partial charge in [0.1, 0.15) is 11.9 Å². The highest BCUT2D eigenvalue weighted by atomic mass is 19.1. The van der Waals surface area contributed by atoms with Gasteiger partial charge in [-0.15, -0.1) is 10.2 Å². The number of rotatable bonds is 5.